The Morgan fingerprint density at radius 2 is 2.00 bits per heavy atom. The van der Waals surface area contributed by atoms with Crippen molar-refractivity contribution in [2.75, 3.05) is 6.61 Å². The lowest BCUT2D eigenvalue weighted by atomic mass is 10.4. The second kappa shape index (κ2) is 8.84. The van der Waals surface area contributed by atoms with E-state index in [4.69, 9.17) is 30.1 Å². The van der Waals surface area contributed by atoms with Gasteiger partial charge < -0.3 is 14.4 Å². The van der Waals surface area contributed by atoms with E-state index in [0.717, 1.165) is 12.8 Å². The van der Waals surface area contributed by atoms with Crippen LogP contribution in [0.4, 0.5) is 0 Å². The number of unbranched alkanes of at least 4 members (excludes halogenated alkanes) is 1. The minimum atomic E-state index is -1.89. The standard InChI is InChI=1S/C8H18ClO4P/c1-4-5-6-11-7(2)12-8(3)13-14(9)10/h7-8,10H,4-6H2,1-3H3. The first-order chi connectivity index (χ1) is 6.56. The van der Waals surface area contributed by atoms with Crippen LogP contribution < -0.4 is 0 Å². The van der Waals surface area contributed by atoms with Crippen LogP contribution in [-0.4, -0.2) is 24.1 Å². The fraction of sp³-hybridized carbons (Fsp3) is 1.00. The summed E-state index contributed by atoms with van der Waals surface area (Å²) >= 11 is 5.26. The zero-order valence-electron chi connectivity index (χ0n) is 8.77. The van der Waals surface area contributed by atoms with Crippen molar-refractivity contribution < 1.29 is 18.9 Å². The van der Waals surface area contributed by atoms with Gasteiger partial charge in [-0.05, 0) is 31.5 Å². The third-order valence-electron chi connectivity index (χ3n) is 1.47. The second-order valence-corrected chi connectivity index (χ2v) is 4.36. The number of halogens is 1. The predicted molar refractivity (Wildman–Crippen MR) is 56.9 cm³/mol. The van der Waals surface area contributed by atoms with E-state index in [1.54, 1.807) is 13.8 Å². The molecule has 0 spiro atoms. The molecule has 0 radical (unpaired) electrons. The van der Waals surface area contributed by atoms with Crippen LogP contribution in [0.15, 0.2) is 0 Å². The molecular formula is C8H18ClO4P. The van der Waals surface area contributed by atoms with Crippen LogP contribution in [-0.2, 0) is 14.0 Å². The highest BCUT2D eigenvalue weighted by Crippen LogP contribution is 2.38. The van der Waals surface area contributed by atoms with Gasteiger partial charge in [0.05, 0.1) is 0 Å². The summed E-state index contributed by atoms with van der Waals surface area (Å²) in [7, 11) is -1.89. The number of hydrogen-bond acceptors (Lipinski definition) is 4. The first kappa shape index (κ1) is 14.6. The lowest BCUT2D eigenvalue weighted by Gasteiger charge is -2.19. The van der Waals surface area contributed by atoms with Gasteiger partial charge in [0, 0.05) is 6.61 Å². The maximum atomic E-state index is 8.74. The molecule has 0 aromatic rings. The molecule has 1 N–H and O–H groups in total. The van der Waals surface area contributed by atoms with E-state index in [1.807, 2.05) is 0 Å². The van der Waals surface area contributed by atoms with Gasteiger partial charge in [-0.1, -0.05) is 13.3 Å². The van der Waals surface area contributed by atoms with E-state index in [1.165, 1.54) is 0 Å². The monoisotopic (exact) mass is 244 g/mol. The topological polar surface area (TPSA) is 47.9 Å². The highest BCUT2D eigenvalue weighted by molar-refractivity contribution is 7.75. The molecule has 6 heteroatoms. The van der Waals surface area contributed by atoms with Crippen molar-refractivity contribution >= 4 is 19.0 Å². The van der Waals surface area contributed by atoms with Crippen LogP contribution in [0.2, 0.25) is 0 Å². The van der Waals surface area contributed by atoms with E-state index in [2.05, 4.69) is 6.92 Å². The minimum absolute atomic E-state index is 0.344. The Balaban J connectivity index is 3.44. The summed E-state index contributed by atoms with van der Waals surface area (Å²) in [5, 5.41) is 0. The second-order valence-electron chi connectivity index (χ2n) is 2.83. The molecule has 0 saturated heterocycles. The Morgan fingerprint density at radius 1 is 1.36 bits per heavy atom. The Bertz CT molecular complexity index is 137. The van der Waals surface area contributed by atoms with Crippen molar-refractivity contribution in [1.82, 2.24) is 0 Å². The van der Waals surface area contributed by atoms with Crippen LogP contribution in [0.25, 0.3) is 0 Å². The van der Waals surface area contributed by atoms with E-state index >= 15 is 0 Å². The SMILES string of the molecule is CCCCOC(C)OC(C)OP(O)Cl. The smallest absolute Gasteiger partial charge is 0.276 e. The van der Waals surface area contributed by atoms with Gasteiger partial charge in [0.1, 0.15) is 0 Å². The molecule has 0 aliphatic carbocycles. The molecule has 3 atom stereocenters. The molecule has 0 amide bonds. The third-order valence-corrected chi connectivity index (χ3v) is 2.18. The molecule has 0 aliphatic rings. The first-order valence-corrected chi connectivity index (χ1v) is 6.76. The predicted octanol–water partition coefficient (Wildman–Crippen LogP) is 2.99. The average Bonchev–Trinajstić information content (AvgIpc) is 2.02. The molecule has 3 unspecified atom stereocenters. The van der Waals surface area contributed by atoms with Crippen LogP contribution in [0.1, 0.15) is 33.6 Å². The number of hydrogen-bond donors (Lipinski definition) is 1. The van der Waals surface area contributed by atoms with Crippen molar-refractivity contribution in [3.05, 3.63) is 0 Å². The Morgan fingerprint density at radius 3 is 2.50 bits per heavy atom. The van der Waals surface area contributed by atoms with Gasteiger partial charge in [-0.15, -0.1) is 0 Å². The highest BCUT2D eigenvalue weighted by atomic mass is 35.7. The summed E-state index contributed by atoms with van der Waals surface area (Å²) in [4.78, 5) is 8.74. The van der Waals surface area contributed by atoms with E-state index in [9.17, 15) is 0 Å². The third kappa shape index (κ3) is 9.13. The van der Waals surface area contributed by atoms with Crippen LogP contribution in [0, 0.1) is 0 Å². The normalized spacial score (nSPS) is 17.8. The Hall–Kier alpha value is 0.560. The van der Waals surface area contributed by atoms with Crippen molar-refractivity contribution in [1.29, 1.82) is 0 Å². The van der Waals surface area contributed by atoms with Gasteiger partial charge in [-0.2, -0.15) is 0 Å². The molecule has 86 valence electrons. The molecule has 14 heavy (non-hydrogen) atoms. The molecule has 0 saturated carbocycles. The summed E-state index contributed by atoms with van der Waals surface area (Å²) in [6.45, 7) is 6.20. The highest BCUT2D eigenvalue weighted by Gasteiger charge is 2.12. The van der Waals surface area contributed by atoms with Gasteiger partial charge >= 0.3 is 0 Å². The van der Waals surface area contributed by atoms with Gasteiger partial charge in [0.2, 0.25) is 0 Å². The number of ether oxygens (including phenoxy) is 2. The van der Waals surface area contributed by atoms with Crippen LogP contribution in [0.5, 0.6) is 0 Å². The van der Waals surface area contributed by atoms with Crippen LogP contribution >= 0.6 is 19.0 Å². The minimum Gasteiger partial charge on any atom is -0.353 e. The van der Waals surface area contributed by atoms with Gasteiger partial charge in [0.15, 0.2) is 12.6 Å². The molecule has 0 aromatic heterocycles. The zero-order chi connectivity index (χ0) is 11.0. The molecule has 0 rings (SSSR count). The van der Waals surface area contributed by atoms with Gasteiger partial charge in [-0.25, -0.2) is 0 Å². The summed E-state index contributed by atoms with van der Waals surface area (Å²) in [5.74, 6) is 0. The van der Waals surface area contributed by atoms with Crippen LogP contribution in [0.3, 0.4) is 0 Å². The van der Waals surface area contributed by atoms with E-state index < -0.39 is 14.0 Å². The first-order valence-electron chi connectivity index (χ1n) is 4.64. The van der Waals surface area contributed by atoms with E-state index in [0.29, 0.717) is 6.61 Å². The fourth-order valence-corrected chi connectivity index (χ4v) is 1.48. The largest absolute Gasteiger partial charge is 0.353 e. The number of rotatable bonds is 8. The van der Waals surface area contributed by atoms with Gasteiger partial charge in [0.25, 0.3) is 7.73 Å². The fourth-order valence-electron chi connectivity index (χ4n) is 0.850. The maximum absolute atomic E-state index is 8.74. The molecule has 0 heterocycles. The molecule has 0 aromatic carbocycles. The average molecular weight is 245 g/mol. The zero-order valence-corrected chi connectivity index (χ0v) is 10.4. The summed E-state index contributed by atoms with van der Waals surface area (Å²) in [6, 6.07) is 0. The van der Waals surface area contributed by atoms with Crippen molar-refractivity contribution in [3.63, 3.8) is 0 Å². The summed E-state index contributed by atoms with van der Waals surface area (Å²) in [5.41, 5.74) is 0. The molecule has 0 bridgehead atoms. The molecular weight excluding hydrogens is 227 g/mol. The quantitative estimate of drug-likeness (QED) is 0.405. The molecule has 4 nitrogen and oxygen atoms in total. The van der Waals surface area contributed by atoms with E-state index in [-0.39, 0.29) is 6.29 Å². The Labute approximate surface area is 91.2 Å². The maximum Gasteiger partial charge on any atom is 0.276 e. The lowest BCUT2D eigenvalue weighted by Crippen LogP contribution is -2.21. The summed E-state index contributed by atoms with van der Waals surface area (Å²) in [6.07, 6.45) is 1.19. The molecule has 0 fully saturated rings. The lowest BCUT2D eigenvalue weighted by molar-refractivity contribution is -0.203. The van der Waals surface area contributed by atoms with Crippen molar-refractivity contribution in [2.24, 2.45) is 0 Å². The van der Waals surface area contributed by atoms with Crippen molar-refractivity contribution in [2.45, 2.75) is 46.2 Å². The van der Waals surface area contributed by atoms with Crippen molar-refractivity contribution in [3.8, 4) is 0 Å². The Kier molecular flexibility index (Phi) is 9.19. The van der Waals surface area contributed by atoms with Gasteiger partial charge in [-0.3, -0.25) is 4.52 Å². The molecule has 0 aliphatic heterocycles. The summed E-state index contributed by atoms with van der Waals surface area (Å²) < 4.78 is 15.4.